The Morgan fingerprint density at radius 3 is 2.86 bits per heavy atom. The van der Waals surface area contributed by atoms with Crippen LogP contribution in [0.15, 0.2) is 11.8 Å². The van der Waals surface area contributed by atoms with Crippen LogP contribution >= 0.6 is 0 Å². The van der Waals surface area contributed by atoms with Gasteiger partial charge in [-0.05, 0) is 18.9 Å². The van der Waals surface area contributed by atoms with E-state index in [1.807, 2.05) is 6.08 Å². The molecule has 0 bridgehead atoms. The van der Waals surface area contributed by atoms with E-state index in [2.05, 4.69) is 6.92 Å². The Balaban J connectivity index is 2.40. The zero-order valence-corrected chi connectivity index (χ0v) is 4.31. The third-order valence-electron chi connectivity index (χ3n) is 1.01. The first-order valence-corrected chi connectivity index (χ1v) is 2.54. The van der Waals surface area contributed by atoms with E-state index < -0.39 is 0 Å². The summed E-state index contributed by atoms with van der Waals surface area (Å²) in [6.45, 7) is 4.49. The van der Waals surface area contributed by atoms with Crippen molar-refractivity contribution in [1.29, 1.82) is 0 Å². The van der Waals surface area contributed by atoms with Crippen LogP contribution in [-0.2, 0) is 4.74 Å². The van der Waals surface area contributed by atoms with Gasteiger partial charge < -0.3 is 4.74 Å². The van der Waals surface area contributed by atoms with Crippen molar-refractivity contribution in [3.8, 4) is 0 Å². The summed E-state index contributed by atoms with van der Waals surface area (Å²) in [4.78, 5) is 0. The Bertz CT molecular complexity index is 84.2. The van der Waals surface area contributed by atoms with Crippen LogP contribution in [0.4, 0.5) is 0 Å². The molecule has 1 heteroatoms. The summed E-state index contributed by atoms with van der Waals surface area (Å²) in [6, 6.07) is 0. The van der Waals surface area contributed by atoms with E-state index in [9.17, 15) is 0 Å². The third-order valence-corrected chi connectivity index (χ3v) is 1.01. The Hall–Kier alpha value is -0.460. The highest BCUT2D eigenvalue weighted by molar-refractivity contribution is 4.98. The first-order chi connectivity index (χ1) is 3.39. The van der Waals surface area contributed by atoms with Gasteiger partial charge in [-0.2, -0.15) is 0 Å². The number of hydrogen-bond donors (Lipinski definition) is 0. The van der Waals surface area contributed by atoms with Crippen molar-refractivity contribution in [2.24, 2.45) is 0 Å². The first kappa shape index (κ1) is 4.69. The molecule has 1 radical (unpaired) electrons. The van der Waals surface area contributed by atoms with Gasteiger partial charge in [-0.15, -0.1) is 0 Å². The molecule has 1 aliphatic heterocycles. The molecular formula is C6H9O. The molecule has 1 heterocycles. The average Bonchev–Trinajstić information content (AvgIpc) is 1.69. The fraction of sp³-hybridized carbons (Fsp3) is 0.500. The van der Waals surface area contributed by atoms with Gasteiger partial charge in [0.25, 0.3) is 0 Å². The maximum Gasteiger partial charge on any atom is 0.0924 e. The van der Waals surface area contributed by atoms with E-state index in [1.54, 1.807) is 0 Å². The lowest BCUT2D eigenvalue weighted by Gasteiger charge is -2.09. The molecule has 1 rings (SSSR count). The normalized spacial score (nSPS) is 20.4. The molecule has 0 saturated carbocycles. The van der Waals surface area contributed by atoms with Crippen LogP contribution in [0.5, 0.6) is 0 Å². The highest BCUT2D eigenvalue weighted by Gasteiger charge is 1.95. The maximum atomic E-state index is 5.03. The molecule has 0 amide bonds. The van der Waals surface area contributed by atoms with Gasteiger partial charge in [0, 0.05) is 6.92 Å². The average molecular weight is 97.1 g/mol. The van der Waals surface area contributed by atoms with Crippen LogP contribution in [-0.4, -0.2) is 6.61 Å². The van der Waals surface area contributed by atoms with Gasteiger partial charge in [-0.1, -0.05) is 0 Å². The van der Waals surface area contributed by atoms with Gasteiger partial charge in [0.15, 0.2) is 0 Å². The first-order valence-electron chi connectivity index (χ1n) is 2.54. The lowest BCUT2D eigenvalue weighted by atomic mass is 10.2. The SMILES string of the molecule is [CH2]C1=CCCCO1. The lowest BCUT2D eigenvalue weighted by molar-refractivity contribution is 0.205. The fourth-order valence-corrected chi connectivity index (χ4v) is 0.609. The van der Waals surface area contributed by atoms with Crippen LogP contribution in [0.1, 0.15) is 12.8 Å². The topological polar surface area (TPSA) is 9.23 Å². The molecule has 0 unspecified atom stereocenters. The standard InChI is InChI=1S/C6H9O/c1-6-4-2-3-5-7-6/h4H,1-3,5H2. The number of hydrogen-bond acceptors (Lipinski definition) is 1. The van der Waals surface area contributed by atoms with E-state index in [-0.39, 0.29) is 0 Å². The van der Waals surface area contributed by atoms with Crippen molar-refractivity contribution in [3.63, 3.8) is 0 Å². The van der Waals surface area contributed by atoms with Crippen LogP contribution in [0, 0.1) is 6.92 Å². The molecule has 0 atom stereocenters. The molecule has 0 aromatic rings. The van der Waals surface area contributed by atoms with Gasteiger partial charge in [0.2, 0.25) is 0 Å². The van der Waals surface area contributed by atoms with Crippen molar-refractivity contribution >= 4 is 0 Å². The monoisotopic (exact) mass is 97.1 g/mol. The minimum absolute atomic E-state index is 0.839. The molecule has 0 saturated heterocycles. The predicted octanol–water partition coefficient (Wildman–Crippen LogP) is 1.51. The van der Waals surface area contributed by atoms with Gasteiger partial charge >= 0.3 is 0 Å². The second-order valence-electron chi connectivity index (χ2n) is 1.66. The van der Waals surface area contributed by atoms with Crippen molar-refractivity contribution in [3.05, 3.63) is 18.8 Å². The summed E-state index contributed by atoms with van der Waals surface area (Å²) in [5, 5.41) is 0. The van der Waals surface area contributed by atoms with Crippen LogP contribution in [0.25, 0.3) is 0 Å². The van der Waals surface area contributed by atoms with Crippen molar-refractivity contribution in [1.82, 2.24) is 0 Å². The number of ether oxygens (including phenoxy) is 1. The molecule has 7 heavy (non-hydrogen) atoms. The van der Waals surface area contributed by atoms with Crippen LogP contribution < -0.4 is 0 Å². The van der Waals surface area contributed by atoms with Crippen molar-refractivity contribution < 1.29 is 4.74 Å². The highest BCUT2D eigenvalue weighted by atomic mass is 16.5. The van der Waals surface area contributed by atoms with Gasteiger partial charge in [0.05, 0.1) is 12.4 Å². The highest BCUT2D eigenvalue weighted by Crippen LogP contribution is 2.06. The molecule has 1 aliphatic rings. The molecule has 0 N–H and O–H groups in total. The summed E-state index contributed by atoms with van der Waals surface area (Å²) in [6.07, 6.45) is 4.31. The fourth-order valence-electron chi connectivity index (χ4n) is 0.609. The Morgan fingerprint density at radius 1 is 1.71 bits per heavy atom. The van der Waals surface area contributed by atoms with Gasteiger partial charge in [-0.3, -0.25) is 0 Å². The molecule has 0 aromatic carbocycles. The molecular weight excluding hydrogens is 88.1 g/mol. The second-order valence-corrected chi connectivity index (χ2v) is 1.66. The summed E-state index contributed by atoms with van der Waals surface area (Å²) in [5.41, 5.74) is 0. The molecule has 1 nitrogen and oxygen atoms in total. The number of rotatable bonds is 0. The Labute approximate surface area is 44.0 Å². The maximum absolute atomic E-state index is 5.03. The molecule has 0 aliphatic carbocycles. The molecule has 0 fully saturated rings. The minimum Gasteiger partial charge on any atom is -0.498 e. The zero-order chi connectivity index (χ0) is 5.11. The second kappa shape index (κ2) is 2.01. The zero-order valence-electron chi connectivity index (χ0n) is 4.31. The van der Waals surface area contributed by atoms with Crippen LogP contribution in [0.3, 0.4) is 0 Å². The third kappa shape index (κ3) is 1.22. The molecule has 0 spiro atoms. The van der Waals surface area contributed by atoms with Gasteiger partial charge in [0.1, 0.15) is 0 Å². The largest absolute Gasteiger partial charge is 0.498 e. The smallest absolute Gasteiger partial charge is 0.0924 e. The van der Waals surface area contributed by atoms with Crippen LogP contribution in [0.2, 0.25) is 0 Å². The summed E-state index contributed by atoms with van der Waals surface area (Å²) >= 11 is 0. The van der Waals surface area contributed by atoms with E-state index >= 15 is 0 Å². The number of allylic oxidation sites excluding steroid dienone is 2. The van der Waals surface area contributed by atoms with E-state index in [0.29, 0.717) is 0 Å². The van der Waals surface area contributed by atoms with E-state index in [1.165, 1.54) is 0 Å². The predicted molar refractivity (Wildman–Crippen MR) is 28.6 cm³/mol. The van der Waals surface area contributed by atoms with E-state index in [0.717, 1.165) is 25.2 Å². The summed E-state index contributed by atoms with van der Waals surface area (Å²) in [5.74, 6) is 0.839. The molecule has 0 aromatic heterocycles. The Morgan fingerprint density at radius 2 is 2.57 bits per heavy atom. The van der Waals surface area contributed by atoms with Crippen molar-refractivity contribution in [2.45, 2.75) is 12.8 Å². The Kier molecular flexibility index (Phi) is 1.35. The lowest BCUT2D eigenvalue weighted by Crippen LogP contribution is -1.96. The van der Waals surface area contributed by atoms with Crippen molar-refractivity contribution in [2.75, 3.05) is 6.61 Å². The molecule has 39 valence electrons. The summed E-state index contributed by atoms with van der Waals surface area (Å²) in [7, 11) is 0. The quantitative estimate of drug-likeness (QED) is 0.445. The minimum atomic E-state index is 0.839. The van der Waals surface area contributed by atoms with Gasteiger partial charge in [-0.25, -0.2) is 0 Å². The summed E-state index contributed by atoms with van der Waals surface area (Å²) < 4.78 is 5.03. The van der Waals surface area contributed by atoms with E-state index in [4.69, 9.17) is 4.74 Å².